The van der Waals surface area contributed by atoms with Gasteiger partial charge in [0.15, 0.2) is 0 Å². The molecule has 0 atom stereocenters. The van der Waals surface area contributed by atoms with Crippen LogP contribution in [-0.2, 0) is 0 Å². The molecule has 7 N–H and O–H groups in total. The summed E-state index contributed by atoms with van der Waals surface area (Å²) >= 11 is 0. The van der Waals surface area contributed by atoms with Crippen LogP contribution in [0, 0.1) is 21.6 Å². The highest BCUT2D eigenvalue weighted by Gasteiger charge is 0.561. The Morgan fingerprint density at radius 1 is 0.444 bits per heavy atom. The molecule has 0 unspecified atom stereocenters. The standard InChI is InChI=1S/4CH3N.H3N/c4*1-2;/h4*2H,1H2;1H3. The van der Waals surface area contributed by atoms with Crippen molar-refractivity contribution >= 4 is 26.9 Å². The highest BCUT2D eigenvalue weighted by atomic mass is 14.2. The Bertz CT molecular complexity index is 16.9. The van der Waals surface area contributed by atoms with Gasteiger partial charge in [-0.1, -0.05) is 0 Å². The third kappa shape index (κ3) is 77.3. The van der Waals surface area contributed by atoms with Crippen molar-refractivity contribution in [3.05, 3.63) is 0 Å². The molecule has 0 aromatic rings. The van der Waals surface area contributed by atoms with Crippen LogP contribution in [-0.4, -0.2) is 26.9 Å². The van der Waals surface area contributed by atoms with E-state index >= 15 is 0 Å². The molecule has 0 amide bonds. The summed E-state index contributed by atoms with van der Waals surface area (Å²) in [5.41, 5.74) is 0. The van der Waals surface area contributed by atoms with Crippen molar-refractivity contribution in [2.45, 2.75) is 0 Å². The summed E-state index contributed by atoms with van der Waals surface area (Å²) in [6.07, 6.45) is 0. The Labute approximate surface area is 55.7 Å². The van der Waals surface area contributed by atoms with Crippen LogP contribution in [0.5, 0.6) is 0 Å². The van der Waals surface area contributed by atoms with E-state index in [1.807, 2.05) is 0 Å². The van der Waals surface area contributed by atoms with Gasteiger partial charge in [0, 0.05) is 0 Å². The molecule has 0 aliphatic rings. The molecular weight excluding hydrogens is 118 g/mol. The van der Waals surface area contributed by atoms with Crippen LogP contribution < -0.4 is 6.15 Å². The van der Waals surface area contributed by atoms with Crippen LogP contribution in [0.3, 0.4) is 0 Å². The zero-order chi connectivity index (χ0) is 8.00. The summed E-state index contributed by atoms with van der Waals surface area (Å²) in [6, 6.07) is 0. The molecule has 0 saturated heterocycles. The summed E-state index contributed by atoms with van der Waals surface area (Å²) < 4.78 is 0. The molecule has 9 heavy (non-hydrogen) atoms. The van der Waals surface area contributed by atoms with Gasteiger partial charge < -0.3 is 27.8 Å². The lowest BCUT2D eigenvalue weighted by Gasteiger charge is -0.890. The lowest BCUT2D eigenvalue weighted by atomic mass is 11.8. The van der Waals surface area contributed by atoms with Gasteiger partial charge in [-0.05, 0) is 26.9 Å². The van der Waals surface area contributed by atoms with Gasteiger partial charge in [0.05, 0.1) is 0 Å². The van der Waals surface area contributed by atoms with Gasteiger partial charge >= 0.3 is 0 Å². The zero-order valence-electron chi connectivity index (χ0n) is 5.54. The molecule has 0 aliphatic carbocycles. The fourth-order valence-corrected chi connectivity index (χ4v) is 0. The number of hydrogen-bond acceptors (Lipinski definition) is 5. The summed E-state index contributed by atoms with van der Waals surface area (Å²) in [5.74, 6) is 0. The Morgan fingerprint density at radius 3 is 0.444 bits per heavy atom. The van der Waals surface area contributed by atoms with E-state index in [1.165, 1.54) is 0 Å². The van der Waals surface area contributed by atoms with E-state index in [0.717, 1.165) is 0 Å². The molecule has 0 spiro atoms. The molecular formula is C4H15N5. The Hall–Kier alpha value is -1.36. The fraction of sp³-hybridized carbons (Fsp3) is 0. The molecule has 5 nitrogen and oxygen atoms in total. The quantitative estimate of drug-likeness (QED) is 0.312. The molecule has 0 aromatic carbocycles. The van der Waals surface area contributed by atoms with Crippen LogP contribution in [0.15, 0.2) is 0 Å². The lowest BCUT2D eigenvalue weighted by molar-refractivity contribution is 1.61. The minimum atomic E-state index is 0. The van der Waals surface area contributed by atoms with Gasteiger partial charge in [0.25, 0.3) is 0 Å². The number of nitrogens with one attached hydrogen (secondary N) is 4. The van der Waals surface area contributed by atoms with Crippen molar-refractivity contribution in [3.63, 3.8) is 0 Å². The first kappa shape index (κ1) is 48.3. The van der Waals surface area contributed by atoms with Crippen molar-refractivity contribution in [2.75, 3.05) is 0 Å². The maximum atomic E-state index is 5.50. The maximum Gasteiger partial charge on any atom is -0.0187 e. The van der Waals surface area contributed by atoms with Gasteiger partial charge in [-0.15, -0.1) is 0 Å². The van der Waals surface area contributed by atoms with Crippen molar-refractivity contribution in [1.29, 1.82) is 21.6 Å². The second-order valence-electron chi connectivity index (χ2n) is 0. The highest BCUT2D eigenvalue weighted by Crippen LogP contribution is 0.639. The predicted octanol–water partition coefficient (Wildman–Crippen LogP) is 1.23. The van der Waals surface area contributed by atoms with Crippen molar-refractivity contribution in [2.24, 2.45) is 0 Å². The third-order valence-electron chi connectivity index (χ3n) is 0. The van der Waals surface area contributed by atoms with Crippen molar-refractivity contribution in [1.82, 2.24) is 6.15 Å². The van der Waals surface area contributed by atoms with Crippen LogP contribution in [0.25, 0.3) is 0 Å². The maximum absolute atomic E-state index is 5.50. The van der Waals surface area contributed by atoms with Crippen LogP contribution in [0.4, 0.5) is 0 Å². The summed E-state index contributed by atoms with van der Waals surface area (Å²) in [4.78, 5) is 0. The van der Waals surface area contributed by atoms with E-state index in [-0.39, 0.29) is 6.15 Å². The van der Waals surface area contributed by atoms with E-state index in [2.05, 4.69) is 26.9 Å². The topological polar surface area (TPSA) is 130 Å². The van der Waals surface area contributed by atoms with Gasteiger partial charge in [0.2, 0.25) is 0 Å². The molecule has 0 aliphatic heterocycles. The molecule has 0 radical (unpaired) electrons. The lowest BCUT2D eigenvalue weighted by Crippen LogP contribution is -0.827. The number of rotatable bonds is 0. The first-order valence-electron chi connectivity index (χ1n) is 1.41. The minimum absolute atomic E-state index is 0. The average Bonchev–Trinajstić information content (AvgIpc) is 2.03. The number of hydrogen-bond donors (Lipinski definition) is 5. The SMILES string of the molecule is C=N.C=N.C=N.C=N.N. The van der Waals surface area contributed by atoms with Gasteiger partial charge in [-0.2, -0.15) is 0 Å². The largest absolute Gasteiger partial charge is 0.344 e. The molecule has 0 heterocycles. The second kappa shape index (κ2) is 114. The predicted molar refractivity (Wildman–Crippen MR) is 44.4 cm³/mol. The molecule has 56 valence electrons. The molecule has 0 fully saturated rings. The molecule has 0 aromatic heterocycles. The van der Waals surface area contributed by atoms with E-state index in [9.17, 15) is 0 Å². The first-order chi connectivity index (χ1) is 4.00. The van der Waals surface area contributed by atoms with Crippen molar-refractivity contribution < 1.29 is 0 Å². The smallest absolute Gasteiger partial charge is 0.0187 e. The first-order valence-corrected chi connectivity index (χ1v) is 1.41. The molecule has 5 heteroatoms. The Kier molecular flexibility index (Phi) is 613. The summed E-state index contributed by atoms with van der Waals surface area (Å²) in [6.45, 7) is 10.0. The normalized spacial score (nSPS) is 1.78. The highest BCUT2D eigenvalue weighted by molar-refractivity contribution is 5.16. The average molecular weight is 133 g/mol. The van der Waals surface area contributed by atoms with Gasteiger partial charge in [-0.25, -0.2) is 0 Å². The third-order valence-corrected chi connectivity index (χ3v) is 0. The van der Waals surface area contributed by atoms with Gasteiger partial charge in [0.1, 0.15) is 0 Å². The Balaban J connectivity index is -0.00000000762. The molecule has 0 saturated carbocycles. The van der Waals surface area contributed by atoms with Gasteiger partial charge in [-0.3, -0.25) is 0 Å². The molecule has 0 bridgehead atoms. The van der Waals surface area contributed by atoms with E-state index in [1.54, 1.807) is 0 Å². The van der Waals surface area contributed by atoms with Crippen LogP contribution in [0.1, 0.15) is 0 Å². The van der Waals surface area contributed by atoms with E-state index < -0.39 is 0 Å². The molecule has 0 rings (SSSR count). The van der Waals surface area contributed by atoms with E-state index in [0.29, 0.717) is 0 Å². The van der Waals surface area contributed by atoms with Crippen LogP contribution in [0.2, 0.25) is 0 Å². The van der Waals surface area contributed by atoms with Crippen molar-refractivity contribution in [3.8, 4) is 0 Å². The second-order valence-corrected chi connectivity index (χ2v) is 0. The summed E-state index contributed by atoms with van der Waals surface area (Å²) in [5, 5.41) is 22.0. The summed E-state index contributed by atoms with van der Waals surface area (Å²) in [7, 11) is 0. The van der Waals surface area contributed by atoms with E-state index in [4.69, 9.17) is 21.6 Å². The monoisotopic (exact) mass is 133 g/mol. The van der Waals surface area contributed by atoms with Crippen LogP contribution >= 0.6 is 0 Å². The fourth-order valence-electron chi connectivity index (χ4n) is 0. The zero-order valence-corrected chi connectivity index (χ0v) is 5.54. The Morgan fingerprint density at radius 2 is 0.444 bits per heavy atom. The minimum Gasteiger partial charge on any atom is -0.344 e.